The van der Waals surface area contributed by atoms with Crippen molar-refractivity contribution in [1.82, 2.24) is 20.6 Å². The van der Waals surface area contributed by atoms with Crippen molar-refractivity contribution in [3.63, 3.8) is 0 Å². The number of esters is 2. The molecule has 0 unspecified atom stereocenters. The van der Waals surface area contributed by atoms with E-state index in [1.54, 1.807) is 68.5 Å². The average molecular weight is 1090 g/mol. The van der Waals surface area contributed by atoms with Gasteiger partial charge < -0.3 is 30.7 Å². The topological polar surface area (TPSA) is 320 Å². The molecule has 3 aromatic heterocycles. The number of nitro groups is 2. The van der Waals surface area contributed by atoms with E-state index in [1.165, 1.54) is 18.2 Å². The van der Waals surface area contributed by atoms with Crippen LogP contribution in [0, 0.1) is 20.2 Å². The Labute approximate surface area is 454 Å². The number of benzene rings is 4. The number of anilines is 4. The fourth-order valence-corrected chi connectivity index (χ4v) is 7.62. The lowest BCUT2D eigenvalue weighted by molar-refractivity contribution is -0.660. The molecule has 0 atom stereocenters. The number of aldehydes is 1. The molecule has 4 aromatic carbocycles. The van der Waals surface area contributed by atoms with E-state index in [-0.39, 0.29) is 67.2 Å². The summed E-state index contributed by atoms with van der Waals surface area (Å²) in [6.45, 7) is 5.18. The van der Waals surface area contributed by atoms with E-state index >= 15 is 0 Å². The molecule has 0 aliphatic carbocycles. The molecule has 7 aromatic rings. The zero-order valence-corrected chi connectivity index (χ0v) is 42.4. The number of aromatic nitrogens is 5. The number of pyridine rings is 1. The van der Waals surface area contributed by atoms with Gasteiger partial charge in [0.25, 0.3) is 0 Å². The number of carbonyl (C=O) groups is 5. The van der Waals surface area contributed by atoms with Gasteiger partial charge in [0, 0.05) is 67.1 Å². The number of hydrogen-bond donors (Lipinski definition) is 4. The number of hydrogen-bond acceptors (Lipinski definition) is 19. The number of fused-ring (bicyclic) bond motifs is 2. The van der Waals surface area contributed by atoms with Crippen molar-refractivity contribution in [3.8, 4) is 11.3 Å². The van der Waals surface area contributed by atoms with Crippen molar-refractivity contribution >= 4 is 92.3 Å². The van der Waals surface area contributed by atoms with Crippen LogP contribution in [0.4, 0.5) is 34.1 Å². The van der Waals surface area contributed by atoms with Crippen molar-refractivity contribution in [3.05, 3.63) is 140 Å². The molecule has 3 heterocycles. The van der Waals surface area contributed by atoms with Crippen molar-refractivity contribution in [1.29, 1.82) is 0 Å². The first kappa shape index (κ1) is 61.8. The highest BCUT2D eigenvalue weighted by atomic mass is 16.6. The zero-order valence-electron chi connectivity index (χ0n) is 42.4. The van der Waals surface area contributed by atoms with Gasteiger partial charge in [0.05, 0.1) is 45.6 Å². The average Bonchev–Trinajstić information content (AvgIpc) is 4.17. The minimum absolute atomic E-state index is 0. The second-order valence-electron chi connectivity index (χ2n) is 16.9. The molecule has 4 N–H and O–H groups in total. The number of amides is 2. The van der Waals surface area contributed by atoms with Gasteiger partial charge in [-0.1, -0.05) is 45.9 Å². The monoisotopic (exact) mass is 1090 g/mol. The first-order valence-electron chi connectivity index (χ1n) is 24.5. The fraction of sp³-hybridized carbons (Fsp3) is 0.309. The molecule has 0 bridgehead atoms. The third-order valence-electron chi connectivity index (χ3n) is 11.5. The Morgan fingerprint density at radius 1 is 0.646 bits per heavy atom. The SMILES string of the molecule is C.C.CCOC(=O)C(/C=C/c1ccc(NC(=O)CCCCCNc2ccc([N+](=O)[O-])c3nonc23)cc1)=C/C=O.CCOC(=O)c1cc[n+](C)c(-c2ccc(NC(=O)CCCCCNc3ccc([N+](=O)[O-])c4nonc34)cc2)c1. The second-order valence-corrected chi connectivity index (χ2v) is 16.9. The second kappa shape index (κ2) is 31.3. The van der Waals surface area contributed by atoms with Crippen molar-refractivity contribution in [2.24, 2.45) is 7.05 Å². The maximum Gasteiger partial charge on any atom is 0.338 e. The molecule has 24 nitrogen and oxygen atoms in total. The van der Waals surface area contributed by atoms with Gasteiger partial charge in [-0.3, -0.25) is 34.6 Å². The molecule has 0 aliphatic rings. The molecule has 0 spiro atoms. The number of ether oxygens (including phenoxy) is 2. The normalized spacial score (nSPS) is 10.8. The number of aryl methyl sites for hydroxylation is 1. The molecular weight excluding hydrogens is 1020 g/mol. The predicted molar refractivity (Wildman–Crippen MR) is 297 cm³/mol. The van der Waals surface area contributed by atoms with Crippen molar-refractivity contribution in [2.45, 2.75) is 80.1 Å². The number of non-ortho nitro benzene ring substituents is 2. The minimum Gasteiger partial charge on any atom is -0.462 e. The number of nitro benzene ring substituents is 2. The van der Waals surface area contributed by atoms with Gasteiger partial charge in [0.15, 0.2) is 17.2 Å². The largest absolute Gasteiger partial charge is 0.462 e. The highest BCUT2D eigenvalue weighted by Crippen LogP contribution is 2.30. The molecular formula is C55H64N11O13+. The van der Waals surface area contributed by atoms with E-state index in [1.807, 2.05) is 42.1 Å². The molecule has 0 fully saturated rings. The number of nitrogens with one attached hydrogen (secondary N) is 4. The Bertz CT molecular complexity index is 3260. The molecule has 7 rings (SSSR count). The third kappa shape index (κ3) is 17.9. The van der Waals surface area contributed by atoms with Crippen LogP contribution in [0.3, 0.4) is 0 Å². The Morgan fingerprint density at radius 2 is 1.14 bits per heavy atom. The van der Waals surface area contributed by atoms with Crippen molar-refractivity contribution < 1.29 is 57.1 Å². The van der Waals surface area contributed by atoms with E-state index in [0.29, 0.717) is 91.0 Å². The summed E-state index contributed by atoms with van der Waals surface area (Å²) in [6, 6.07) is 23.9. The van der Waals surface area contributed by atoms with Crippen LogP contribution in [0.2, 0.25) is 0 Å². The van der Waals surface area contributed by atoms with E-state index in [2.05, 4.69) is 51.2 Å². The van der Waals surface area contributed by atoms with E-state index in [4.69, 9.17) is 9.47 Å². The van der Waals surface area contributed by atoms with E-state index in [0.717, 1.165) is 48.6 Å². The Balaban J connectivity index is 0.000000332. The van der Waals surface area contributed by atoms with Crippen LogP contribution in [0.25, 0.3) is 39.4 Å². The van der Waals surface area contributed by atoms with Gasteiger partial charge in [-0.05, 0) is 126 Å². The van der Waals surface area contributed by atoms with E-state index < -0.39 is 15.8 Å². The minimum atomic E-state index is -0.577. The van der Waals surface area contributed by atoms with Gasteiger partial charge in [-0.2, -0.15) is 0 Å². The predicted octanol–water partition coefficient (Wildman–Crippen LogP) is 10.1. The van der Waals surface area contributed by atoms with Crippen LogP contribution in [0.15, 0.2) is 118 Å². The van der Waals surface area contributed by atoms with Gasteiger partial charge in [0.2, 0.25) is 28.5 Å². The smallest absolute Gasteiger partial charge is 0.338 e. The summed E-state index contributed by atoms with van der Waals surface area (Å²) in [5.41, 5.74) is 6.19. The van der Waals surface area contributed by atoms with Gasteiger partial charge in [-0.25, -0.2) is 23.4 Å². The Hall–Kier alpha value is -9.74. The van der Waals surface area contributed by atoms with Crippen molar-refractivity contribution in [2.75, 3.05) is 47.6 Å². The maximum atomic E-state index is 12.4. The standard InChI is InChI=1S/C27H28N6O6.C26H27N5O7.2CH4/c1-3-38-27(35)19-14-16-32(2)23(17-19)18-8-10-20(11-9-18)29-24(34)7-5-4-6-15-28-21-12-13-22(33(36)37)26-25(21)30-39-31-26;1-2-37-26(34)19(15-17-32)10-7-18-8-11-20(12-9-18)28-23(33)6-4-3-5-16-27-21-13-14-22(31(35)36)25-24(21)29-38-30-25;;/h8-14,16-17H,3-7,15H2,1-2H3,(H,28,31);7-15,17,27H,2-6,16H2,1H3,(H,28,33);2*1H4/p+1/b;10-7+,19-15+;;. The molecule has 24 heteroatoms. The summed E-state index contributed by atoms with van der Waals surface area (Å²) in [5, 5.41) is 49.0. The van der Waals surface area contributed by atoms with Crippen LogP contribution in [-0.2, 0) is 35.7 Å². The fourth-order valence-electron chi connectivity index (χ4n) is 7.62. The summed E-state index contributed by atoms with van der Waals surface area (Å²) in [6.07, 6.45) is 12.0. The summed E-state index contributed by atoms with van der Waals surface area (Å²) in [4.78, 5) is 80.4. The maximum absolute atomic E-state index is 12.4. The quantitative estimate of drug-likeness (QED) is 0.00572. The number of rotatable bonds is 26. The Kier molecular flexibility index (Phi) is 24.5. The zero-order chi connectivity index (χ0) is 55.1. The molecule has 0 aliphatic heterocycles. The van der Waals surface area contributed by atoms with Crippen LogP contribution in [-0.4, -0.2) is 86.8 Å². The first-order chi connectivity index (χ1) is 37.3. The van der Waals surface area contributed by atoms with Crippen LogP contribution in [0.5, 0.6) is 0 Å². The Morgan fingerprint density at radius 3 is 1.62 bits per heavy atom. The molecule has 0 radical (unpaired) electrons. The number of allylic oxidation sites excluding steroid dienone is 1. The summed E-state index contributed by atoms with van der Waals surface area (Å²) >= 11 is 0. The lowest BCUT2D eigenvalue weighted by Gasteiger charge is -2.08. The highest BCUT2D eigenvalue weighted by Gasteiger charge is 2.21. The summed E-state index contributed by atoms with van der Waals surface area (Å²) in [5.74, 6) is -1.12. The lowest BCUT2D eigenvalue weighted by Crippen LogP contribution is -2.31. The number of carbonyl (C=O) groups excluding carboxylic acids is 5. The summed E-state index contributed by atoms with van der Waals surface area (Å²) in [7, 11) is 1.90. The highest BCUT2D eigenvalue weighted by molar-refractivity contribution is 5.97. The third-order valence-corrected chi connectivity index (χ3v) is 11.5. The molecule has 416 valence electrons. The summed E-state index contributed by atoms with van der Waals surface area (Å²) < 4.78 is 21.2. The molecule has 0 saturated heterocycles. The first-order valence-corrected chi connectivity index (χ1v) is 24.5. The van der Waals surface area contributed by atoms with Gasteiger partial charge in [-0.15, -0.1) is 0 Å². The van der Waals surface area contributed by atoms with Crippen LogP contribution < -0.4 is 25.8 Å². The van der Waals surface area contributed by atoms with Gasteiger partial charge in [0.1, 0.15) is 13.3 Å². The molecule has 0 saturated carbocycles. The number of unbranched alkanes of at least 4 members (excludes halogenated alkanes) is 4. The van der Waals surface area contributed by atoms with E-state index in [9.17, 15) is 44.2 Å². The van der Waals surface area contributed by atoms with Gasteiger partial charge >= 0.3 is 23.3 Å². The lowest BCUT2D eigenvalue weighted by atomic mass is 10.1. The number of nitrogens with zero attached hydrogens (tertiary/aromatic N) is 7. The van der Waals surface area contributed by atoms with Crippen LogP contribution in [0.1, 0.15) is 96.0 Å². The molecule has 2 amide bonds. The van der Waals surface area contributed by atoms with Crippen LogP contribution >= 0.6 is 0 Å². The molecule has 79 heavy (non-hydrogen) atoms.